The Morgan fingerprint density at radius 3 is 2.43 bits per heavy atom. The summed E-state index contributed by atoms with van der Waals surface area (Å²) in [7, 11) is 7.28. The Bertz CT molecular complexity index is 608. The van der Waals surface area contributed by atoms with E-state index in [4.69, 9.17) is 21.7 Å². The maximum Gasteiger partial charge on any atom is 0.259 e. The third-order valence-electron chi connectivity index (χ3n) is 3.10. The number of benzene rings is 1. The molecule has 0 N–H and O–H groups in total. The molecule has 1 atom stereocenters. The standard InChI is InChI=1S/C15H19N3O2S/c1-17(2)15(21)20-13(14-16-9-10-18(14)3)11-5-7-12(19-4)8-6-11/h5-10,13H,1-4H3. The summed E-state index contributed by atoms with van der Waals surface area (Å²) in [6, 6.07) is 7.70. The number of methoxy groups -OCH3 is 1. The number of aryl methyl sites for hydroxylation is 1. The summed E-state index contributed by atoms with van der Waals surface area (Å²) < 4.78 is 13.0. The highest BCUT2D eigenvalue weighted by Crippen LogP contribution is 2.26. The van der Waals surface area contributed by atoms with Gasteiger partial charge < -0.3 is 18.9 Å². The molecule has 21 heavy (non-hydrogen) atoms. The molecule has 1 heterocycles. The highest BCUT2D eigenvalue weighted by molar-refractivity contribution is 7.80. The SMILES string of the molecule is COc1ccc(C(OC(=S)N(C)C)c2nccn2C)cc1. The topological polar surface area (TPSA) is 39.5 Å². The number of thiocarbonyl (C=S) groups is 1. The molecule has 0 spiro atoms. The van der Waals surface area contributed by atoms with E-state index in [0.717, 1.165) is 17.1 Å². The van der Waals surface area contributed by atoms with Crippen molar-refractivity contribution in [3.63, 3.8) is 0 Å². The lowest BCUT2D eigenvalue weighted by Crippen LogP contribution is -2.26. The van der Waals surface area contributed by atoms with Gasteiger partial charge in [-0.15, -0.1) is 0 Å². The van der Waals surface area contributed by atoms with Crippen LogP contribution in [0.2, 0.25) is 0 Å². The van der Waals surface area contributed by atoms with E-state index in [-0.39, 0.29) is 6.10 Å². The molecule has 5 nitrogen and oxygen atoms in total. The van der Waals surface area contributed by atoms with Crippen LogP contribution in [0.3, 0.4) is 0 Å². The van der Waals surface area contributed by atoms with E-state index < -0.39 is 0 Å². The zero-order valence-corrected chi connectivity index (χ0v) is 13.4. The molecular formula is C15H19N3O2S. The molecule has 6 heteroatoms. The first-order chi connectivity index (χ1) is 10.0. The van der Waals surface area contributed by atoms with Crippen LogP contribution in [0.4, 0.5) is 0 Å². The summed E-state index contributed by atoms with van der Waals surface area (Å²) in [6.07, 6.45) is 3.27. The van der Waals surface area contributed by atoms with Gasteiger partial charge in [0.2, 0.25) is 0 Å². The van der Waals surface area contributed by atoms with Crippen molar-refractivity contribution in [2.24, 2.45) is 7.05 Å². The van der Waals surface area contributed by atoms with Gasteiger partial charge >= 0.3 is 0 Å². The monoisotopic (exact) mass is 305 g/mol. The fraction of sp³-hybridized carbons (Fsp3) is 0.333. The molecule has 1 unspecified atom stereocenters. The molecule has 2 rings (SSSR count). The van der Waals surface area contributed by atoms with Crippen LogP contribution < -0.4 is 4.74 Å². The first-order valence-corrected chi connectivity index (χ1v) is 6.93. The molecule has 0 radical (unpaired) electrons. The Hall–Kier alpha value is -2.08. The lowest BCUT2D eigenvalue weighted by atomic mass is 10.1. The molecule has 0 aliphatic rings. The van der Waals surface area contributed by atoms with Crippen LogP contribution in [0.15, 0.2) is 36.7 Å². The molecule has 0 saturated carbocycles. The Morgan fingerprint density at radius 2 is 1.95 bits per heavy atom. The molecule has 0 fully saturated rings. The minimum Gasteiger partial charge on any atom is -0.497 e. The lowest BCUT2D eigenvalue weighted by Gasteiger charge is -2.23. The van der Waals surface area contributed by atoms with Crippen LogP contribution in [0.1, 0.15) is 17.5 Å². The summed E-state index contributed by atoms with van der Waals surface area (Å²) in [5, 5.41) is 0.416. The van der Waals surface area contributed by atoms with Crippen LogP contribution >= 0.6 is 12.2 Å². The second-order valence-corrected chi connectivity index (χ2v) is 5.18. The smallest absolute Gasteiger partial charge is 0.259 e. The van der Waals surface area contributed by atoms with E-state index in [1.807, 2.05) is 56.2 Å². The van der Waals surface area contributed by atoms with E-state index in [1.54, 1.807) is 18.2 Å². The van der Waals surface area contributed by atoms with Gasteiger partial charge in [0.15, 0.2) is 11.9 Å². The molecule has 0 saturated heterocycles. The third kappa shape index (κ3) is 3.52. The molecule has 0 aliphatic heterocycles. The van der Waals surface area contributed by atoms with Gasteiger partial charge in [0, 0.05) is 39.1 Å². The number of hydrogen-bond donors (Lipinski definition) is 0. The van der Waals surface area contributed by atoms with Crippen molar-refractivity contribution in [3.05, 3.63) is 48.0 Å². The average molecular weight is 305 g/mol. The van der Waals surface area contributed by atoms with Crippen molar-refractivity contribution in [2.75, 3.05) is 21.2 Å². The number of hydrogen-bond acceptors (Lipinski definition) is 4. The summed E-state index contributed by atoms with van der Waals surface area (Å²) in [5.41, 5.74) is 0.967. The largest absolute Gasteiger partial charge is 0.497 e. The van der Waals surface area contributed by atoms with Gasteiger partial charge in [-0.2, -0.15) is 0 Å². The van der Waals surface area contributed by atoms with Crippen molar-refractivity contribution in [1.82, 2.24) is 14.5 Å². The molecule has 0 aliphatic carbocycles. The van der Waals surface area contributed by atoms with Gasteiger partial charge in [-0.25, -0.2) is 4.98 Å². The third-order valence-corrected chi connectivity index (χ3v) is 3.56. The van der Waals surface area contributed by atoms with Gasteiger partial charge in [0.1, 0.15) is 5.75 Å². The van der Waals surface area contributed by atoms with Gasteiger partial charge in [-0.05, 0) is 24.4 Å². The van der Waals surface area contributed by atoms with E-state index in [2.05, 4.69) is 4.98 Å². The highest BCUT2D eigenvalue weighted by atomic mass is 32.1. The van der Waals surface area contributed by atoms with E-state index in [1.165, 1.54) is 0 Å². The number of imidazole rings is 1. The van der Waals surface area contributed by atoms with Crippen molar-refractivity contribution < 1.29 is 9.47 Å². The number of ether oxygens (including phenoxy) is 2. The maximum absolute atomic E-state index is 5.93. The maximum atomic E-state index is 5.93. The molecule has 1 aromatic heterocycles. The average Bonchev–Trinajstić information content (AvgIpc) is 2.90. The Labute approximate surface area is 130 Å². The molecule has 0 bridgehead atoms. The summed E-state index contributed by atoms with van der Waals surface area (Å²) in [4.78, 5) is 6.13. The lowest BCUT2D eigenvalue weighted by molar-refractivity contribution is 0.195. The Balaban J connectivity index is 2.35. The number of rotatable bonds is 4. The fourth-order valence-electron chi connectivity index (χ4n) is 1.88. The zero-order chi connectivity index (χ0) is 15.4. The fourth-order valence-corrected chi connectivity index (χ4v) is 1.98. The van der Waals surface area contributed by atoms with Crippen LogP contribution in [0.5, 0.6) is 5.75 Å². The number of nitrogens with zero attached hydrogens (tertiary/aromatic N) is 3. The minimum atomic E-state index is -0.356. The van der Waals surface area contributed by atoms with Gasteiger partial charge in [-0.3, -0.25) is 0 Å². The van der Waals surface area contributed by atoms with E-state index in [0.29, 0.717) is 5.17 Å². The normalized spacial score (nSPS) is 11.8. The molecule has 1 aromatic carbocycles. The summed E-state index contributed by atoms with van der Waals surface area (Å²) in [6.45, 7) is 0. The van der Waals surface area contributed by atoms with Crippen LogP contribution in [0, 0.1) is 0 Å². The molecule has 2 aromatic rings. The highest BCUT2D eigenvalue weighted by Gasteiger charge is 2.22. The van der Waals surface area contributed by atoms with Gasteiger partial charge in [0.25, 0.3) is 5.17 Å². The quantitative estimate of drug-likeness (QED) is 0.811. The van der Waals surface area contributed by atoms with Gasteiger partial charge in [-0.1, -0.05) is 12.1 Å². The molecular weight excluding hydrogens is 286 g/mol. The van der Waals surface area contributed by atoms with Crippen molar-refractivity contribution in [2.45, 2.75) is 6.10 Å². The first kappa shape index (κ1) is 15.3. The Morgan fingerprint density at radius 1 is 1.29 bits per heavy atom. The van der Waals surface area contributed by atoms with Crippen molar-refractivity contribution in [3.8, 4) is 5.75 Å². The summed E-state index contributed by atoms with van der Waals surface area (Å²) in [5.74, 6) is 1.59. The van der Waals surface area contributed by atoms with E-state index >= 15 is 0 Å². The van der Waals surface area contributed by atoms with Gasteiger partial charge in [0.05, 0.1) is 7.11 Å². The minimum absolute atomic E-state index is 0.356. The van der Waals surface area contributed by atoms with Crippen molar-refractivity contribution in [1.29, 1.82) is 0 Å². The first-order valence-electron chi connectivity index (χ1n) is 6.52. The molecule has 0 amide bonds. The second-order valence-electron chi connectivity index (χ2n) is 4.83. The predicted octanol–water partition coefficient (Wildman–Crippen LogP) is 2.38. The summed E-state index contributed by atoms with van der Waals surface area (Å²) >= 11 is 5.26. The Kier molecular flexibility index (Phi) is 4.80. The predicted molar refractivity (Wildman–Crippen MR) is 85.4 cm³/mol. The van der Waals surface area contributed by atoms with Crippen LogP contribution in [-0.2, 0) is 11.8 Å². The number of aromatic nitrogens is 2. The van der Waals surface area contributed by atoms with Crippen LogP contribution in [-0.4, -0.2) is 40.8 Å². The van der Waals surface area contributed by atoms with E-state index in [9.17, 15) is 0 Å². The van der Waals surface area contributed by atoms with Crippen LogP contribution in [0.25, 0.3) is 0 Å². The zero-order valence-electron chi connectivity index (χ0n) is 12.6. The van der Waals surface area contributed by atoms with Crippen molar-refractivity contribution >= 4 is 17.4 Å². The molecule has 112 valence electrons. The second kappa shape index (κ2) is 6.58.